The fraction of sp³-hybridized carbons (Fsp3) is 0.474. The fourth-order valence-corrected chi connectivity index (χ4v) is 3.86. The van der Waals surface area contributed by atoms with Crippen molar-refractivity contribution in [1.29, 1.82) is 0 Å². The van der Waals surface area contributed by atoms with Gasteiger partial charge in [0.25, 0.3) is 0 Å². The van der Waals surface area contributed by atoms with Gasteiger partial charge < -0.3 is 21.1 Å². The van der Waals surface area contributed by atoms with Crippen LogP contribution in [0.25, 0.3) is 11.3 Å². The zero-order valence-corrected chi connectivity index (χ0v) is 16.7. The third kappa shape index (κ3) is 3.59. The van der Waals surface area contributed by atoms with Crippen molar-refractivity contribution >= 4 is 34.8 Å². The summed E-state index contributed by atoms with van der Waals surface area (Å²) >= 11 is 12.6. The number of halogens is 2. The van der Waals surface area contributed by atoms with Gasteiger partial charge in [0.15, 0.2) is 11.6 Å². The van der Waals surface area contributed by atoms with E-state index >= 15 is 0 Å². The summed E-state index contributed by atoms with van der Waals surface area (Å²) in [6.07, 6.45) is 1.80. The van der Waals surface area contributed by atoms with Gasteiger partial charge in [0, 0.05) is 24.2 Å². The fourth-order valence-electron chi connectivity index (χ4n) is 3.47. The number of nitrogens with two attached hydrogens (primary N) is 2. The zero-order valence-electron chi connectivity index (χ0n) is 15.2. The van der Waals surface area contributed by atoms with Crippen LogP contribution in [-0.2, 0) is 4.74 Å². The van der Waals surface area contributed by atoms with E-state index in [0.29, 0.717) is 40.3 Å². The van der Waals surface area contributed by atoms with Crippen LogP contribution in [0.5, 0.6) is 0 Å². The number of aromatic nitrogens is 2. The number of nitrogens with zero attached hydrogens (tertiary/aromatic N) is 3. The summed E-state index contributed by atoms with van der Waals surface area (Å²) in [6, 6.07) is 5.43. The lowest BCUT2D eigenvalue weighted by Crippen LogP contribution is -2.49. The van der Waals surface area contributed by atoms with Gasteiger partial charge in [-0.3, -0.25) is 0 Å². The molecule has 4 rings (SSSR count). The number of nitrogen functional groups attached to an aromatic ring is 1. The molecule has 0 saturated carbocycles. The topological polar surface area (TPSA) is 90.3 Å². The maximum absolute atomic E-state index is 6.40. The number of anilines is 2. The van der Waals surface area contributed by atoms with Crippen LogP contribution in [0.4, 0.5) is 11.6 Å². The Morgan fingerprint density at radius 2 is 1.89 bits per heavy atom. The Kier molecular flexibility index (Phi) is 4.93. The predicted octanol–water partition coefficient (Wildman–Crippen LogP) is 3.46. The van der Waals surface area contributed by atoms with Crippen LogP contribution in [0.1, 0.15) is 31.4 Å². The first-order chi connectivity index (χ1) is 12.9. The lowest BCUT2D eigenvalue weighted by atomic mass is 9.90. The standard InChI is InChI=1S/C19H23Cl2N5O/c1-19(23)5-7-26(8-6-19)18-15(11-9-27-10-11)24-16(17(22)25-18)12-3-2-4-13(20)14(12)21/h2-4,11H,5-10,23H2,1H3,(H2,22,25). The molecule has 6 nitrogen and oxygen atoms in total. The molecule has 0 radical (unpaired) electrons. The van der Waals surface area contributed by atoms with Crippen molar-refractivity contribution in [2.75, 3.05) is 36.9 Å². The summed E-state index contributed by atoms with van der Waals surface area (Å²) in [7, 11) is 0. The number of hydrogen-bond acceptors (Lipinski definition) is 6. The largest absolute Gasteiger partial charge is 0.382 e. The van der Waals surface area contributed by atoms with Gasteiger partial charge in [-0.1, -0.05) is 35.3 Å². The van der Waals surface area contributed by atoms with Gasteiger partial charge in [0.2, 0.25) is 0 Å². The van der Waals surface area contributed by atoms with Gasteiger partial charge in [0.1, 0.15) is 5.69 Å². The molecule has 144 valence electrons. The van der Waals surface area contributed by atoms with Crippen LogP contribution in [0.3, 0.4) is 0 Å². The summed E-state index contributed by atoms with van der Waals surface area (Å²) in [5.74, 6) is 1.38. The maximum Gasteiger partial charge on any atom is 0.153 e. The smallest absolute Gasteiger partial charge is 0.153 e. The molecule has 2 saturated heterocycles. The molecule has 2 aromatic rings. The Balaban J connectivity index is 1.77. The van der Waals surface area contributed by atoms with Crippen LogP contribution in [-0.4, -0.2) is 41.8 Å². The van der Waals surface area contributed by atoms with Crippen LogP contribution in [0, 0.1) is 0 Å². The van der Waals surface area contributed by atoms with Crippen molar-refractivity contribution < 1.29 is 4.74 Å². The molecule has 0 aliphatic carbocycles. The van der Waals surface area contributed by atoms with E-state index in [9.17, 15) is 0 Å². The highest BCUT2D eigenvalue weighted by Gasteiger charge is 2.33. The van der Waals surface area contributed by atoms with Gasteiger partial charge in [-0.15, -0.1) is 0 Å². The van der Waals surface area contributed by atoms with Crippen molar-refractivity contribution in [2.45, 2.75) is 31.2 Å². The van der Waals surface area contributed by atoms with E-state index in [1.165, 1.54) is 0 Å². The van der Waals surface area contributed by atoms with Crippen LogP contribution < -0.4 is 16.4 Å². The molecular formula is C19H23Cl2N5O. The molecule has 1 aromatic heterocycles. The van der Waals surface area contributed by atoms with Crippen LogP contribution in [0.15, 0.2) is 18.2 Å². The number of ether oxygens (including phenoxy) is 1. The minimum Gasteiger partial charge on any atom is -0.382 e. The van der Waals surface area contributed by atoms with Crippen LogP contribution >= 0.6 is 23.2 Å². The molecule has 2 aliphatic heterocycles. The molecule has 0 spiro atoms. The summed E-state index contributed by atoms with van der Waals surface area (Å²) in [4.78, 5) is 11.9. The molecule has 27 heavy (non-hydrogen) atoms. The molecular weight excluding hydrogens is 385 g/mol. The van der Waals surface area contributed by atoms with Crippen molar-refractivity contribution in [1.82, 2.24) is 9.97 Å². The lowest BCUT2D eigenvalue weighted by Gasteiger charge is -2.39. The van der Waals surface area contributed by atoms with Crippen molar-refractivity contribution in [3.8, 4) is 11.3 Å². The number of hydrogen-bond donors (Lipinski definition) is 2. The van der Waals surface area contributed by atoms with E-state index < -0.39 is 0 Å². The Morgan fingerprint density at radius 1 is 1.19 bits per heavy atom. The lowest BCUT2D eigenvalue weighted by molar-refractivity contribution is 0.00679. The molecule has 8 heteroatoms. The molecule has 2 fully saturated rings. The third-order valence-electron chi connectivity index (χ3n) is 5.37. The van der Waals surface area contributed by atoms with E-state index in [4.69, 9.17) is 49.4 Å². The van der Waals surface area contributed by atoms with Crippen molar-refractivity contribution in [3.63, 3.8) is 0 Å². The first kappa shape index (κ1) is 18.7. The highest BCUT2D eigenvalue weighted by atomic mass is 35.5. The van der Waals surface area contributed by atoms with Gasteiger partial charge in [0.05, 0.1) is 34.9 Å². The van der Waals surface area contributed by atoms with Gasteiger partial charge in [-0.05, 0) is 25.8 Å². The Labute approximate surface area is 168 Å². The number of rotatable bonds is 3. The molecule has 1 aromatic carbocycles. The Bertz CT molecular complexity index is 859. The first-order valence-electron chi connectivity index (χ1n) is 9.09. The molecule has 0 atom stereocenters. The second-order valence-electron chi connectivity index (χ2n) is 7.64. The predicted molar refractivity (Wildman–Crippen MR) is 109 cm³/mol. The highest BCUT2D eigenvalue weighted by molar-refractivity contribution is 6.43. The second-order valence-corrected chi connectivity index (χ2v) is 8.43. The third-order valence-corrected chi connectivity index (χ3v) is 6.19. The minimum atomic E-state index is -0.135. The summed E-state index contributed by atoms with van der Waals surface area (Å²) in [6.45, 7) is 5.03. The van der Waals surface area contributed by atoms with E-state index in [-0.39, 0.29) is 11.5 Å². The molecule has 0 bridgehead atoms. The summed E-state index contributed by atoms with van der Waals surface area (Å²) in [5, 5.41) is 0.895. The molecule has 0 unspecified atom stereocenters. The van der Waals surface area contributed by atoms with E-state index in [1.807, 2.05) is 12.1 Å². The minimum absolute atomic E-state index is 0.135. The van der Waals surface area contributed by atoms with E-state index in [0.717, 1.165) is 37.4 Å². The first-order valence-corrected chi connectivity index (χ1v) is 9.85. The molecule has 2 aliphatic rings. The van der Waals surface area contributed by atoms with Gasteiger partial charge in [-0.25, -0.2) is 9.97 Å². The normalized spacial score (nSPS) is 19.8. The van der Waals surface area contributed by atoms with Crippen molar-refractivity contribution in [3.05, 3.63) is 33.9 Å². The second kappa shape index (κ2) is 7.09. The summed E-state index contributed by atoms with van der Waals surface area (Å²) < 4.78 is 5.40. The Morgan fingerprint density at radius 3 is 2.52 bits per heavy atom. The maximum atomic E-state index is 6.40. The molecule has 3 heterocycles. The van der Waals surface area contributed by atoms with Crippen LogP contribution in [0.2, 0.25) is 10.0 Å². The summed E-state index contributed by atoms with van der Waals surface area (Å²) in [5.41, 5.74) is 14.6. The zero-order chi connectivity index (χ0) is 19.2. The monoisotopic (exact) mass is 407 g/mol. The highest BCUT2D eigenvalue weighted by Crippen LogP contribution is 2.39. The molecule has 0 amide bonds. The average Bonchev–Trinajstić information content (AvgIpc) is 2.57. The quantitative estimate of drug-likeness (QED) is 0.809. The Hall–Kier alpha value is -1.60. The molecule has 4 N–H and O–H groups in total. The van der Waals surface area contributed by atoms with Gasteiger partial charge in [-0.2, -0.15) is 0 Å². The van der Waals surface area contributed by atoms with Gasteiger partial charge >= 0.3 is 0 Å². The van der Waals surface area contributed by atoms with E-state index in [2.05, 4.69) is 11.8 Å². The van der Waals surface area contributed by atoms with Crippen molar-refractivity contribution in [2.24, 2.45) is 5.73 Å². The number of piperidine rings is 1. The van der Waals surface area contributed by atoms with E-state index in [1.54, 1.807) is 6.07 Å². The number of benzene rings is 1. The SMILES string of the molecule is CC1(N)CCN(c2nc(N)c(-c3cccc(Cl)c3Cl)nc2C2COC2)CC1. The average molecular weight is 408 g/mol.